The van der Waals surface area contributed by atoms with E-state index in [0.717, 1.165) is 18.4 Å². The van der Waals surface area contributed by atoms with Crippen LogP contribution in [0.2, 0.25) is 0 Å². The molecule has 1 saturated heterocycles. The minimum absolute atomic E-state index is 0.0628. The zero-order chi connectivity index (χ0) is 16.1. The predicted molar refractivity (Wildman–Crippen MR) is 81.6 cm³/mol. The summed E-state index contributed by atoms with van der Waals surface area (Å²) in [5, 5.41) is 10.9. The van der Waals surface area contributed by atoms with Crippen molar-refractivity contribution in [2.24, 2.45) is 0 Å². The number of carboxylic acid groups (broad SMARTS) is 1. The molecule has 0 bridgehead atoms. The standard InChI is InChI=1S/C14H19NO5S2/c1-14(2)8-20-11(12(16)17)7-15(14)22(18,19)13-10(5-6-21-13)9-3-4-9/h5-6,9,11H,3-4,7-8H2,1-2H3,(H,16,17). The molecule has 1 aromatic rings. The molecule has 8 heteroatoms. The van der Waals surface area contributed by atoms with Gasteiger partial charge in [-0.2, -0.15) is 4.31 Å². The zero-order valence-corrected chi connectivity index (χ0v) is 14.1. The number of ether oxygens (including phenoxy) is 1. The maximum absolute atomic E-state index is 13.1. The molecule has 0 amide bonds. The lowest BCUT2D eigenvalue weighted by molar-refractivity contribution is -0.159. The largest absolute Gasteiger partial charge is 0.479 e. The Bertz CT molecular complexity index is 690. The Morgan fingerprint density at radius 1 is 1.45 bits per heavy atom. The number of carboxylic acids is 1. The average Bonchev–Trinajstić information content (AvgIpc) is 3.14. The molecule has 22 heavy (non-hydrogen) atoms. The lowest BCUT2D eigenvalue weighted by atomic mass is 10.0. The SMILES string of the molecule is CC1(C)COC(C(=O)O)CN1S(=O)(=O)c1sccc1C1CC1. The van der Waals surface area contributed by atoms with Crippen LogP contribution in [0.1, 0.15) is 38.2 Å². The third kappa shape index (κ3) is 2.68. The monoisotopic (exact) mass is 345 g/mol. The quantitative estimate of drug-likeness (QED) is 0.901. The van der Waals surface area contributed by atoms with Gasteiger partial charge in [-0.25, -0.2) is 13.2 Å². The molecule has 2 fully saturated rings. The minimum Gasteiger partial charge on any atom is -0.479 e. The van der Waals surface area contributed by atoms with Gasteiger partial charge in [0.1, 0.15) is 4.21 Å². The Balaban J connectivity index is 1.98. The molecule has 3 rings (SSSR count). The van der Waals surface area contributed by atoms with Crippen LogP contribution in [0.15, 0.2) is 15.7 Å². The van der Waals surface area contributed by atoms with E-state index in [1.165, 1.54) is 15.6 Å². The van der Waals surface area contributed by atoms with Crippen molar-refractivity contribution in [1.29, 1.82) is 0 Å². The van der Waals surface area contributed by atoms with Crippen molar-refractivity contribution < 1.29 is 23.1 Å². The average molecular weight is 345 g/mol. The second kappa shape index (κ2) is 5.30. The Labute approximate surface area is 133 Å². The number of hydrogen-bond acceptors (Lipinski definition) is 5. The molecule has 1 aliphatic heterocycles. The maximum atomic E-state index is 13.1. The minimum atomic E-state index is -3.72. The fourth-order valence-corrected chi connectivity index (χ4v) is 6.11. The van der Waals surface area contributed by atoms with Crippen LogP contribution >= 0.6 is 11.3 Å². The summed E-state index contributed by atoms with van der Waals surface area (Å²) in [6.45, 7) is 3.42. The van der Waals surface area contributed by atoms with Crippen molar-refractivity contribution in [1.82, 2.24) is 4.31 Å². The van der Waals surface area contributed by atoms with Gasteiger partial charge >= 0.3 is 5.97 Å². The molecule has 0 radical (unpaired) electrons. The highest BCUT2D eigenvalue weighted by Gasteiger charge is 2.46. The molecule has 1 unspecified atom stereocenters. The summed E-state index contributed by atoms with van der Waals surface area (Å²) in [6, 6.07) is 1.87. The van der Waals surface area contributed by atoms with Crippen molar-refractivity contribution >= 4 is 27.3 Å². The maximum Gasteiger partial charge on any atom is 0.334 e. The van der Waals surface area contributed by atoms with Gasteiger partial charge in [-0.05, 0) is 49.6 Å². The lowest BCUT2D eigenvalue weighted by Gasteiger charge is -2.42. The molecule has 1 aromatic heterocycles. The molecule has 1 N–H and O–H groups in total. The molecule has 2 aliphatic rings. The number of carbonyl (C=O) groups is 1. The van der Waals surface area contributed by atoms with Crippen LogP contribution in [-0.4, -0.2) is 48.6 Å². The van der Waals surface area contributed by atoms with Crippen molar-refractivity contribution in [3.8, 4) is 0 Å². The van der Waals surface area contributed by atoms with E-state index in [2.05, 4.69) is 0 Å². The van der Waals surface area contributed by atoms with Gasteiger partial charge in [0.2, 0.25) is 0 Å². The number of rotatable bonds is 4. The number of sulfonamides is 1. The molecule has 6 nitrogen and oxygen atoms in total. The smallest absolute Gasteiger partial charge is 0.334 e. The second-order valence-corrected chi connectivity index (χ2v) is 9.40. The van der Waals surface area contributed by atoms with Gasteiger partial charge in [0, 0.05) is 0 Å². The van der Waals surface area contributed by atoms with Crippen LogP contribution in [0, 0.1) is 0 Å². The summed E-state index contributed by atoms with van der Waals surface area (Å²) >= 11 is 1.21. The summed E-state index contributed by atoms with van der Waals surface area (Å²) in [5.74, 6) is -0.806. The number of morpholine rings is 1. The highest BCUT2D eigenvalue weighted by atomic mass is 32.2. The Morgan fingerprint density at radius 2 is 2.14 bits per heavy atom. The molecule has 2 heterocycles. The number of thiophene rings is 1. The van der Waals surface area contributed by atoms with E-state index in [9.17, 15) is 13.2 Å². The van der Waals surface area contributed by atoms with Gasteiger partial charge in [0.05, 0.1) is 18.7 Å². The molecular formula is C14H19NO5S2. The molecule has 122 valence electrons. The normalized spacial score (nSPS) is 26.0. The molecule has 1 atom stereocenters. The number of nitrogens with zero attached hydrogens (tertiary/aromatic N) is 1. The third-order valence-corrected chi connectivity index (χ3v) is 7.69. The van der Waals surface area contributed by atoms with E-state index in [0.29, 0.717) is 10.1 Å². The molecule has 1 saturated carbocycles. The predicted octanol–water partition coefficient (Wildman–Crippen LogP) is 1.88. The van der Waals surface area contributed by atoms with Crippen LogP contribution in [0.5, 0.6) is 0 Å². The highest BCUT2D eigenvalue weighted by molar-refractivity contribution is 7.91. The first-order valence-corrected chi connectivity index (χ1v) is 9.50. The van der Waals surface area contributed by atoms with Crippen LogP contribution in [0.25, 0.3) is 0 Å². The van der Waals surface area contributed by atoms with Gasteiger partial charge in [-0.3, -0.25) is 0 Å². The molecule has 0 aromatic carbocycles. The van der Waals surface area contributed by atoms with Crippen molar-refractivity contribution in [3.63, 3.8) is 0 Å². The van der Waals surface area contributed by atoms with Gasteiger partial charge in [0.15, 0.2) is 6.10 Å². The fraction of sp³-hybridized carbons (Fsp3) is 0.643. The van der Waals surface area contributed by atoms with E-state index >= 15 is 0 Å². The van der Waals surface area contributed by atoms with Crippen molar-refractivity contribution in [3.05, 3.63) is 17.0 Å². The van der Waals surface area contributed by atoms with E-state index in [1.807, 2.05) is 6.07 Å². The zero-order valence-electron chi connectivity index (χ0n) is 12.5. The lowest BCUT2D eigenvalue weighted by Crippen LogP contribution is -2.59. The molecule has 1 aliphatic carbocycles. The Kier molecular flexibility index (Phi) is 3.83. The van der Waals surface area contributed by atoms with E-state index in [-0.39, 0.29) is 13.2 Å². The fourth-order valence-electron chi connectivity index (χ4n) is 2.71. The third-order valence-electron chi connectivity index (χ3n) is 4.12. The van der Waals surface area contributed by atoms with Crippen LogP contribution in [0.4, 0.5) is 0 Å². The van der Waals surface area contributed by atoms with Gasteiger partial charge in [-0.1, -0.05) is 0 Å². The first kappa shape index (κ1) is 15.9. The summed E-state index contributed by atoms with van der Waals surface area (Å²) in [4.78, 5) is 11.2. The first-order chi connectivity index (χ1) is 10.2. The van der Waals surface area contributed by atoms with Gasteiger partial charge in [0.25, 0.3) is 10.0 Å². The second-order valence-electron chi connectivity index (χ2n) is 6.42. The Hall–Kier alpha value is -0.960. The van der Waals surface area contributed by atoms with Crippen molar-refractivity contribution in [2.45, 2.75) is 48.5 Å². The van der Waals surface area contributed by atoms with E-state index in [1.54, 1.807) is 19.2 Å². The van der Waals surface area contributed by atoms with E-state index in [4.69, 9.17) is 9.84 Å². The number of hydrogen-bond donors (Lipinski definition) is 1. The Morgan fingerprint density at radius 3 is 2.73 bits per heavy atom. The van der Waals surface area contributed by atoms with Gasteiger partial charge < -0.3 is 9.84 Å². The summed E-state index contributed by atoms with van der Waals surface area (Å²) in [7, 11) is -3.72. The van der Waals surface area contributed by atoms with Crippen LogP contribution in [0.3, 0.4) is 0 Å². The summed E-state index contributed by atoms with van der Waals surface area (Å²) in [6.07, 6.45) is 0.916. The first-order valence-electron chi connectivity index (χ1n) is 7.18. The van der Waals surface area contributed by atoms with Crippen LogP contribution in [-0.2, 0) is 19.6 Å². The number of aliphatic carboxylic acids is 1. The molecular weight excluding hydrogens is 326 g/mol. The van der Waals surface area contributed by atoms with Crippen LogP contribution < -0.4 is 0 Å². The molecule has 0 spiro atoms. The highest BCUT2D eigenvalue weighted by Crippen LogP contribution is 2.46. The summed E-state index contributed by atoms with van der Waals surface area (Å²) < 4.78 is 33.1. The van der Waals surface area contributed by atoms with Gasteiger partial charge in [-0.15, -0.1) is 11.3 Å². The summed E-state index contributed by atoms with van der Waals surface area (Å²) in [5.41, 5.74) is 0.106. The van der Waals surface area contributed by atoms with Crippen molar-refractivity contribution in [2.75, 3.05) is 13.2 Å². The topological polar surface area (TPSA) is 83.9 Å². The van der Waals surface area contributed by atoms with E-state index < -0.39 is 27.6 Å².